The Bertz CT molecular complexity index is 859. The molecule has 2 heterocycles. The summed E-state index contributed by atoms with van der Waals surface area (Å²) in [4.78, 5) is 17.4. The summed E-state index contributed by atoms with van der Waals surface area (Å²) in [5, 5.41) is 24.4. The predicted octanol–water partition coefficient (Wildman–Crippen LogP) is 1.45. The second-order valence-corrected chi connectivity index (χ2v) is 7.87. The first-order chi connectivity index (χ1) is 12.5. The van der Waals surface area contributed by atoms with Gasteiger partial charge < -0.3 is 15.5 Å². The number of nitrogens with one attached hydrogen (secondary N) is 1. The highest BCUT2D eigenvalue weighted by Gasteiger charge is 2.26. The highest BCUT2D eigenvalue weighted by molar-refractivity contribution is 5.81. The maximum Gasteiger partial charge on any atom is 0.261 e. The number of rotatable bonds is 5. The molecule has 1 saturated heterocycles. The third-order valence-electron chi connectivity index (χ3n) is 5.67. The predicted molar refractivity (Wildman–Crippen MR) is 100 cm³/mol. The van der Waals surface area contributed by atoms with Crippen molar-refractivity contribution in [3.63, 3.8) is 0 Å². The lowest BCUT2D eigenvalue weighted by molar-refractivity contribution is 0.0539. The van der Waals surface area contributed by atoms with E-state index < -0.39 is 12.2 Å². The molecule has 0 spiro atoms. The molecule has 3 atom stereocenters. The summed E-state index contributed by atoms with van der Waals surface area (Å²) in [6.45, 7) is 3.05. The van der Waals surface area contributed by atoms with Crippen LogP contribution in [0.2, 0.25) is 0 Å². The molecule has 0 amide bonds. The summed E-state index contributed by atoms with van der Waals surface area (Å²) in [7, 11) is 0. The van der Waals surface area contributed by atoms with Crippen LogP contribution in [0.5, 0.6) is 0 Å². The van der Waals surface area contributed by atoms with Gasteiger partial charge in [-0.15, -0.1) is 0 Å². The minimum absolute atomic E-state index is 0.100. The van der Waals surface area contributed by atoms with Crippen LogP contribution in [0.15, 0.2) is 23.3 Å². The molecule has 6 heteroatoms. The first-order valence-electron chi connectivity index (χ1n) is 9.62. The van der Waals surface area contributed by atoms with Gasteiger partial charge in [0.2, 0.25) is 0 Å². The Labute approximate surface area is 152 Å². The fraction of sp³-hybridized carbons (Fsp3) is 0.600. The molecule has 2 fully saturated rings. The van der Waals surface area contributed by atoms with Crippen LogP contribution in [0.3, 0.4) is 0 Å². The number of nitrogens with zero attached hydrogens (tertiary/aromatic N) is 2. The van der Waals surface area contributed by atoms with E-state index in [4.69, 9.17) is 0 Å². The van der Waals surface area contributed by atoms with Crippen LogP contribution in [0.1, 0.15) is 49.1 Å². The third-order valence-corrected chi connectivity index (χ3v) is 5.67. The Balaban J connectivity index is 1.56. The van der Waals surface area contributed by atoms with E-state index in [1.165, 1.54) is 29.3 Å². The second kappa shape index (κ2) is 7.10. The Kier molecular flexibility index (Phi) is 4.82. The zero-order valence-electron chi connectivity index (χ0n) is 15.2. The van der Waals surface area contributed by atoms with Crippen molar-refractivity contribution in [3.8, 4) is 0 Å². The second-order valence-electron chi connectivity index (χ2n) is 7.87. The molecule has 1 aromatic carbocycles. The number of benzene rings is 1. The lowest BCUT2D eigenvalue weighted by atomic mass is 9.96. The molecule has 1 aromatic heterocycles. The summed E-state index contributed by atoms with van der Waals surface area (Å²) in [6, 6.07) is 4.00. The summed E-state index contributed by atoms with van der Waals surface area (Å²) >= 11 is 0. The van der Waals surface area contributed by atoms with Gasteiger partial charge in [0.15, 0.2) is 0 Å². The molecule has 26 heavy (non-hydrogen) atoms. The van der Waals surface area contributed by atoms with Crippen LogP contribution >= 0.6 is 0 Å². The van der Waals surface area contributed by atoms with Gasteiger partial charge in [0.05, 0.1) is 36.0 Å². The van der Waals surface area contributed by atoms with Gasteiger partial charge in [-0.3, -0.25) is 9.36 Å². The van der Waals surface area contributed by atoms with Gasteiger partial charge in [0, 0.05) is 6.04 Å². The maximum absolute atomic E-state index is 12.9. The SMILES string of the molecule is Cc1cc(C2CC2)cc2c(=O)n(CC(O)C[C@H]3NCCC[C@@H]3O)cnc12. The Hall–Kier alpha value is -1.76. The van der Waals surface area contributed by atoms with Crippen molar-refractivity contribution >= 4 is 10.9 Å². The molecule has 1 saturated carbocycles. The van der Waals surface area contributed by atoms with Crippen LogP contribution in [0, 0.1) is 6.92 Å². The average Bonchev–Trinajstić information content (AvgIpc) is 3.45. The van der Waals surface area contributed by atoms with E-state index in [9.17, 15) is 15.0 Å². The number of fused-ring (bicyclic) bond motifs is 1. The van der Waals surface area contributed by atoms with Gasteiger partial charge in [-0.1, -0.05) is 6.07 Å². The fourth-order valence-corrected chi connectivity index (χ4v) is 4.03. The minimum Gasteiger partial charge on any atom is -0.392 e. The number of aliphatic hydroxyl groups is 2. The zero-order chi connectivity index (χ0) is 18.3. The molecule has 1 unspecified atom stereocenters. The minimum atomic E-state index is -0.704. The van der Waals surface area contributed by atoms with Gasteiger partial charge in [-0.2, -0.15) is 0 Å². The Morgan fingerprint density at radius 3 is 2.88 bits per heavy atom. The summed E-state index contributed by atoms with van der Waals surface area (Å²) in [6.07, 6.45) is 4.90. The molecule has 2 aliphatic rings. The van der Waals surface area contributed by atoms with Gasteiger partial charge in [-0.05, 0) is 68.7 Å². The van der Waals surface area contributed by atoms with Crippen molar-refractivity contribution < 1.29 is 10.2 Å². The van der Waals surface area contributed by atoms with Crippen molar-refractivity contribution in [3.05, 3.63) is 39.9 Å². The van der Waals surface area contributed by atoms with Crippen LogP contribution in [0.25, 0.3) is 10.9 Å². The quantitative estimate of drug-likeness (QED) is 0.754. The standard InChI is InChI=1S/C20H27N3O3/c1-12-7-14(13-4-5-13)8-16-19(12)22-11-23(20(16)26)10-15(24)9-17-18(25)3-2-6-21-17/h7-8,11,13,15,17-18,21,24-25H,2-6,9-10H2,1H3/t15?,17-,18+/m1/s1. The molecule has 4 rings (SSSR count). The van der Waals surface area contributed by atoms with Gasteiger partial charge in [0.25, 0.3) is 5.56 Å². The van der Waals surface area contributed by atoms with Crippen LogP contribution in [-0.4, -0.2) is 44.6 Å². The lowest BCUT2D eigenvalue weighted by Crippen LogP contribution is -2.47. The molecule has 140 valence electrons. The van der Waals surface area contributed by atoms with Crippen molar-refractivity contribution in [1.82, 2.24) is 14.9 Å². The lowest BCUT2D eigenvalue weighted by Gasteiger charge is -2.30. The molecule has 1 aliphatic heterocycles. The summed E-state index contributed by atoms with van der Waals surface area (Å²) < 4.78 is 1.50. The van der Waals surface area contributed by atoms with E-state index in [-0.39, 0.29) is 18.1 Å². The van der Waals surface area contributed by atoms with Gasteiger partial charge in [0.1, 0.15) is 0 Å². The Morgan fingerprint density at radius 1 is 1.35 bits per heavy atom. The highest BCUT2D eigenvalue weighted by atomic mass is 16.3. The highest BCUT2D eigenvalue weighted by Crippen LogP contribution is 2.41. The number of hydrogen-bond acceptors (Lipinski definition) is 5. The van der Waals surface area contributed by atoms with E-state index >= 15 is 0 Å². The third kappa shape index (κ3) is 3.54. The topological polar surface area (TPSA) is 87.4 Å². The van der Waals surface area contributed by atoms with Crippen molar-refractivity contribution in [1.29, 1.82) is 0 Å². The van der Waals surface area contributed by atoms with Crippen molar-refractivity contribution in [2.24, 2.45) is 0 Å². The van der Waals surface area contributed by atoms with E-state index in [1.54, 1.807) is 0 Å². The maximum atomic E-state index is 12.9. The van der Waals surface area contributed by atoms with E-state index in [2.05, 4.69) is 16.4 Å². The normalized spacial score (nSPS) is 24.7. The van der Waals surface area contributed by atoms with Crippen LogP contribution in [-0.2, 0) is 6.54 Å². The fourth-order valence-electron chi connectivity index (χ4n) is 4.03. The van der Waals surface area contributed by atoms with Gasteiger partial charge in [-0.25, -0.2) is 4.98 Å². The van der Waals surface area contributed by atoms with Crippen molar-refractivity contribution in [2.75, 3.05) is 6.54 Å². The van der Waals surface area contributed by atoms with Crippen LogP contribution < -0.4 is 10.9 Å². The average molecular weight is 357 g/mol. The largest absolute Gasteiger partial charge is 0.392 e. The molecule has 0 radical (unpaired) electrons. The summed E-state index contributed by atoms with van der Waals surface area (Å²) in [5.41, 5.74) is 2.90. The van der Waals surface area contributed by atoms with E-state index in [0.29, 0.717) is 17.7 Å². The molecule has 0 bridgehead atoms. The number of aromatic nitrogens is 2. The smallest absolute Gasteiger partial charge is 0.261 e. The monoisotopic (exact) mass is 357 g/mol. The first-order valence-corrected chi connectivity index (χ1v) is 9.62. The molecular formula is C20H27N3O3. The number of aliphatic hydroxyl groups excluding tert-OH is 2. The van der Waals surface area contributed by atoms with Gasteiger partial charge >= 0.3 is 0 Å². The van der Waals surface area contributed by atoms with E-state index in [1.807, 2.05) is 13.0 Å². The molecular weight excluding hydrogens is 330 g/mol. The molecule has 3 N–H and O–H groups in total. The number of piperidine rings is 1. The van der Waals surface area contributed by atoms with E-state index in [0.717, 1.165) is 30.5 Å². The Morgan fingerprint density at radius 2 is 2.15 bits per heavy atom. The summed E-state index contributed by atoms with van der Waals surface area (Å²) in [5.74, 6) is 0.579. The first kappa shape index (κ1) is 17.6. The molecule has 1 aliphatic carbocycles. The number of aryl methyl sites for hydroxylation is 1. The molecule has 6 nitrogen and oxygen atoms in total. The van der Waals surface area contributed by atoms with Crippen molar-refractivity contribution in [2.45, 2.75) is 69.7 Å². The molecule has 2 aromatic rings. The van der Waals surface area contributed by atoms with Crippen LogP contribution in [0.4, 0.5) is 0 Å². The zero-order valence-corrected chi connectivity index (χ0v) is 15.2. The number of hydrogen-bond donors (Lipinski definition) is 3.